The number of phenolic OH excluding ortho intramolecular Hbond substituents is 1. The van der Waals surface area contributed by atoms with E-state index in [0.29, 0.717) is 17.9 Å². The van der Waals surface area contributed by atoms with Crippen molar-refractivity contribution in [2.75, 3.05) is 6.61 Å². The van der Waals surface area contributed by atoms with Gasteiger partial charge in [0, 0.05) is 11.8 Å². The molecular weight excluding hydrogens is 294 g/mol. The molecule has 0 aliphatic heterocycles. The monoisotopic (exact) mass is 309 g/mol. The molecule has 0 saturated carbocycles. The number of tetrazole rings is 1. The van der Waals surface area contributed by atoms with Crippen LogP contribution in [0, 0.1) is 0 Å². The highest BCUT2D eigenvalue weighted by Crippen LogP contribution is 2.29. The van der Waals surface area contributed by atoms with Crippen molar-refractivity contribution in [2.24, 2.45) is 4.99 Å². The van der Waals surface area contributed by atoms with E-state index in [1.54, 1.807) is 23.0 Å². The molecule has 7 nitrogen and oxygen atoms in total. The zero-order valence-electron chi connectivity index (χ0n) is 12.5. The van der Waals surface area contributed by atoms with Gasteiger partial charge in [-0.1, -0.05) is 6.07 Å². The molecule has 0 bridgehead atoms. The summed E-state index contributed by atoms with van der Waals surface area (Å²) in [5.41, 5.74) is 2.19. The Morgan fingerprint density at radius 2 is 2.04 bits per heavy atom. The molecule has 0 saturated heterocycles. The van der Waals surface area contributed by atoms with Gasteiger partial charge in [-0.05, 0) is 53.7 Å². The van der Waals surface area contributed by atoms with E-state index in [4.69, 9.17) is 4.74 Å². The molecule has 0 aliphatic rings. The van der Waals surface area contributed by atoms with Crippen LogP contribution in [0.15, 0.2) is 53.8 Å². The molecular formula is C16H15N5O2. The largest absolute Gasteiger partial charge is 0.504 e. The van der Waals surface area contributed by atoms with Gasteiger partial charge < -0.3 is 9.84 Å². The first-order chi connectivity index (χ1) is 11.3. The van der Waals surface area contributed by atoms with Gasteiger partial charge in [0.15, 0.2) is 11.5 Å². The fourth-order valence-electron chi connectivity index (χ4n) is 2.03. The highest BCUT2D eigenvalue weighted by atomic mass is 16.5. The average molecular weight is 309 g/mol. The molecule has 7 heteroatoms. The normalized spacial score (nSPS) is 11.0. The lowest BCUT2D eigenvalue weighted by Crippen LogP contribution is -1.94. The van der Waals surface area contributed by atoms with Gasteiger partial charge >= 0.3 is 0 Å². The lowest BCUT2D eigenvalue weighted by atomic mass is 10.2. The van der Waals surface area contributed by atoms with Crippen LogP contribution in [-0.4, -0.2) is 38.1 Å². The Balaban J connectivity index is 1.79. The van der Waals surface area contributed by atoms with E-state index in [0.717, 1.165) is 11.4 Å². The van der Waals surface area contributed by atoms with Crippen LogP contribution in [0.5, 0.6) is 11.5 Å². The third-order valence-corrected chi connectivity index (χ3v) is 3.15. The number of hydrogen-bond acceptors (Lipinski definition) is 6. The van der Waals surface area contributed by atoms with Crippen LogP contribution in [0.3, 0.4) is 0 Å². The van der Waals surface area contributed by atoms with E-state index in [9.17, 15) is 5.11 Å². The molecule has 0 spiro atoms. The standard InChI is InChI=1S/C16H15N5O2/c1-2-23-15-5-3-4-12(16(15)22)10-17-13-6-8-14(9-7-13)21-11-18-19-20-21/h3-11,22H,2H2,1H3. The second-order valence-electron chi connectivity index (χ2n) is 4.66. The fraction of sp³-hybridized carbons (Fsp3) is 0.125. The minimum absolute atomic E-state index is 0.0865. The summed E-state index contributed by atoms with van der Waals surface area (Å²) in [5, 5.41) is 21.1. The summed E-state index contributed by atoms with van der Waals surface area (Å²) >= 11 is 0. The number of para-hydroxylation sites is 1. The van der Waals surface area contributed by atoms with Crippen molar-refractivity contribution in [3.63, 3.8) is 0 Å². The molecule has 0 aliphatic carbocycles. The molecule has 116 valence electrons. The molecule has 2 aromatic carbocycles. The Kier molecular flexibility index (Phi) is 4.28. The minimum Gasteiger partial charge on any atom is -0.504 e. The van der Waals surface area contributed by atoms with Crippen LogP contribution >= 0.6 is 0 Å². The zero-order valence-corrected chi connectivity index (χ0v) is 12.5. The van der Waals surface area contributed by atoms with Gasteiger partial charge in [-0.25, -0.2) is 4.68 Å². The molecule has 1 N–H and O–H groups in total. The Morgan fingerprint density at radius 1 is 1.22 bits per heavy atom. The van der Waals surface area contributed by atoms with Gasteiger partial charge in [-0.15, -0.1) is 5.10 Å². The summed E-state index contributed by atoms with van der Waals surface area (Å²) < 4.78 is 6.91. The highest BCUT2D eigenvalue weighted by Gasteiger charge is 2.05. The van der Waals surface area contributed by atoms with Crippen LogP contribution in [0.2, 0.25) is 0 Å². The molecule has 23 heavy (non-hydrogen) atoms. The lowest BCUT2D eigenvalue weighted by molar-refractivity contribution is 0.318. The number of phenols is 1. The van der Waals surface area contributed by atoms with Crippen molar-refractivity contribution in [3.8, 4) is 17.2 Å². The quantitative estimate of drug-likeness (QED) is 0.732. The van der Waals surface area contributed by atoms with Crippen molar-refractivity contribution in [3.05, 3.63) is 54.4 Å². The Labute approximate surface area is 132 Å². The Bertz CT molecular complexity index is 798. The smallest absolute Gasteiger partial charge is 0.166 e. The number of ether oxygens (including phenoxy) is 1. The maximum absolute atomic E-state index is 10.1. The van der Waals surface area contributed by atoms with Gasteiger partial charge in [0.2, 0.25) is 0 Å². The molecule has 1 aromatic heterocycles. The molecule has 1 heterocycles. The first kappa shape index (κ1) is 14.7. The number of benzene rings is 2. The molecule has 3 aromatic rings. The zero-order chi connectivity index (χ0) is 16.1. The number of nitrogens with zero attached hydrogens (tertiary/aromatic N) is 5. The number of hydrogen-bond donors (Lipinski definition) is 1. The highest BCUT2D eigenvalue weighted by molar-refractivity contribution is 5.86. The van der Waals surface area contributed by atoms with Gasteiger partial charge in [0.05, 0.1) is 18.0 Å². The van der Waals surface area contributed by atoms with Crippen molar-refractivity contribution in [2.45, 2.75) is 6.92 Å². The number of aromatic nitrogens is 4. The minimum atomic E-state index is 0.0865. The van der Waals surface area contributed by atoms with Crippen molar-refractivity contribution < 1.29 is 9.84 Å². The first-order valence-electron chi connectivity index (χ1n) is 7.10. The third-order valence-electron chi connectivity index (χ3n) is 3.15. The number of rotatable bonds is 5. The van der Waals surface area contributed by atoms with E-state index in [2.05, 4.69) is 20.5 Å². The van der Waals surface area contributed by atoms with Crippen LogP contribution in [-0.2, 0) is 0 Å². The molecule has 0 fully saturated rings. The summed E-state index contributed by atoms with van der Waals surface area (Å²) in [6.45, 7) is 2.36. The summed E-state index contributed by atoms with van der Waals surface area (Å²) in [5.74, 6) is 0.536. The van der Waals surface area contributed by atoms with E-state index in [1.807, 2.05) is 37.3 Å². The molecule has 0 amide bonds. The van der Waals surface area contributed by atoms with Crippen molar-refractivity contribution >= 4 is 11.9 Å². The van der Waals surface area contributed by atoms with E-state index in [1.165, 1.54) is 6.33 Å². The van der Waals surface area contributed by atoms with Crippen LogP contribution in [0.4, 0.5) is 5.69 Å². The molecule has 0 radical (unpaired) electrons. The van der Waals surface area contributed by atoms with Gasteiger partial charge in [-0.2, -0.15) is 0 Å². The summed E-state index contributed by atoms with van der Waals surface area (Å²) in [4.78, 5) is 4.36. The SMILES string of the molecule is CCOc1cccc(C=Nc2ccc(-n3cnnn3)cc2)c1O. The van der Waals surface area contributed by atoms with Crippen LogP contribution in [0.25, 0.3) is 5.69 Å². The van der Waals surface area contributed by atoms with Crippen LogP contribution < -0.4 is 4.74 Å². The Hall–Kier alpha value is -3.22. The topological polar surface area (TPSA) is 85.4 Å². The molecule has 0 unspecified atom stereocenters. The predicted molar refractivity (Wildman–Crippen MR) is 85.7 cm³/mol. The lowest BCUT2D eigenvalue weighted by Gasteiger charge is -2.07. The summed E-state index contributed by atoms with van der Waals surface area (Å²) in [6, 6.07) is 12.7. The second-order valence-corrected chi connectivity index (χ2v) is 4.66. The summed E-state index contributed by atoms with van der Waals surface area (Å²) in [7, 11) is 0. The molecule has 3 rings (SSSR count). The molecule has 0 atom stereocenters. The van der Waals surface area contributed by atoms with E-state index < -0.39 is 0 Å². The van der Waals surface area contributed by atoms with Gasteiger partial charge in [0.25, 0.3) is 0 Å². The Morgan fingerprint density at radius 3 is 2.74 bits per heavy atom. The number of aromatic hydroxyl groups is 1. The van der Waals surface area contributed by atoms with E-state index in [-0.39, 0.29) is 5.75 Å². The predicted octanol–water partition coefficient (Wildman–Crippen LogP) is 2.52. The van der Waals surface area contributed by atoms with Crippen molar-refractivity contribution in [1.82, 2.24) is 20.2 Å². The number of aliphatic imine (C=N–C) groups is 1. The average Bonchev–Trinajstić information content (AvgIpc) is 3.11. The second kappa shape index (κ2) is 6.69. The van der Waals surface area contributed by atoms with Crippen molar-refractivity contribution in [1.29, 1.82) is 0 Å². The maximum Gasteiger partial charge on any atom is 0.166 e. The fourth-order valence-corrected chi connectivity index (χ4v) is 2.03. The van der Waals surface area contributed by atoms with Crippen LogP contribution in [0.1, 0.15) is 12.5 Å². The summed E-state index contributed by atoms with van der Waals surface area (Å²) in [6.07, 6.45) is 3.12. The van der Waals surface area contributed by atoms with Gasteiger partial charge in [-0.3, -0.25) is 4.99 Å². The maximum atomic E-state index is 10.1. The third kappa shape index (κ3) is 3.34. The van der Waals surface area contributed by atoms with Gasteiger partial charge in [0.1, 0.15) is 6.33 Å². The first-order valence-corrected chi connectivity index (χ1v) is 7.10. The van der Waals surface area contributed by atoms with E-state index >= 15 is 0 Å².